The van der Waals surface area contributed by atoms with Crippen molar-refractivity contribution in [2.45, 2.75) is 31.1 Å². The number of pyridine rings is 1. The Morgan fingerprint density at radius 1 is 1.23 bits per heavy atom. The monoisotopic (exact) mass is 379 g/mol. The molecule has 4 nitrogen and oxygen atoms in total. The zero-order chi connectivity index (χ0) is 19.5. The van der Waals surface area contributed by atoms with Crippen LogP contribution in [0.3, 0.4) is 0 Å². The van der Waals surface area contributed by atoms with E-state index in [1.807, 2.05) is 0 Å². The first kappa shape index (κ1) is 20.2. The summed E-state index contributed by atoms with van der Waals surface area (Å²) in [6, 6.07) is 3.46. The summed E-state index contributed by atoms with van der Waals surface area (Å²) < 4.78 is 74.8. The number of nitrogens with zero attached hydrogens (tertiary/aromatic N) is 3. The number of nitriles is 1. The van der Waals surface area contributed by atoms with Crippen molar-refractivity contribution in [3.63, 3.8) is 0 Å². The number of hydrogen-bond acceptors (Lipinski definition) is 4. The van der Waals surface area contributed by atoms with Gasteiger partial charge in [-0.3, -0.25) is 14.7 Å². The number of alkyl halides is 6. The summed E-state index contributed by atoms with van der Waals surface area (Å²) in [5.41, 5.74) is -1.09. The van der Waals surface area contributed by atoms with Crippen molar-refractivity contribution in [2.75, 3.05) is 19.6 Å². The number of rotatable bonds is 4. The number of likely N-dealkylation sites (tertiary alicyclic amines) is 1. The highest BCUT2D eigenvalue weighted by Crippen LogP contribution is 2.31. The quantitative estimate of drug-likeness (QED) is 0.751. The molecule has 1 fully saturated rings. The molecule has 0 aliphatic carbocycles. The van der Waals surface area contributed by atoms with E-state index in [9.17, 15) is 36.4 Å². The van der Waals surface area contributed by atoms with E-state index < -0.39 is 42.1 Å². The molecule has 0 bridgehead atoms. The number of aromatic nitrogens is 1. The highest BCUT2D eigenvalue weighted by Gasteiger charge is 2.36. The van der Waals surface area contributed by atoms with Gasteiger partial charge < -0.3 is 0 Å². The third kappa shape index (κ3) is 5.17. The van der Waals surface area contributed by atoms with Crippen LogP contribution >= 0.6 is 0 Å². The highest BCUT2D eigenvalue weighted by molar-refractivity contribution is 5.90. The number of carbonyl (C=O) groups is 1. The Kier molecular flexibility index (Phi) is 5.91. The van der Waals surface area contributed by atoms with Crippen molar-refractivity contribution in [3.05, 3.63) is 29.6 Å². The highest BCUT2D eigenvalue weighted by atomic mass is 19.4. The minimum absolute atomic E-state index is 0.0640. The van der Waals surface area contributed by atoms with Gasteiger partial charge in [0.1, 0.15) is 5.92 Å². The number of halogens is 6. The number of piperidine rings is 1. The molecule has 1 aliphatic heterocycles. The first-order valence-electron chi connectivity index (χ1n) is 7.77. The lowest BCUT2D eigenvalue weighted by Crippen LogP contribution is -2.42. The predicted molar refractivity (Wildman–Crippen MR) is 77.8 cm³/mol. The maximum Gasteiger partial charge on any atom is 0.417 e. The van der Waals surface area contributed by atoms with Crippen LogP contribution in [0, 0.1) is 17.2 Å². The second-order valence-electron chi connectivity index (χ2n) is 6.10. The van der Waals surface area contributed by atoms with Crippen LogP contribution in [0.4, 0.5) is 26.3 Å². The summed E-state index contributed by atoms with van der Waals surface area (Å²) >= 11 is 0. The molecule has 1 aromatic rings. The van der Waals surface area contributed by atoms with Gasteiger partial charge >= 0.3 is 12.4 Å². The molecule has 1 atom stereocenters. The summed E-state index contributed by atoms with van der Waals surface area (Å²) in [6.45, 7) is -0.931. The number of hydrogen-bond donors (Lipinski definition) is 0. The van der Waals surface area contributed by atoms with E-state index in [0.717, 1.165) is 12.1 Å². The molecule has 26 heavy (non-hydrogen) atoms. The van der Waals surface area contributed by atoms with E-state index in [-0.39, 0.29) is 31.6 Å². The molecule has 0 aromatic carbocycles. The van der Waals surface area contributed by atoms with E-state index in [1.165, 1.54) is 4.90 Å². The van der Waals surface area contributed by atoms with Gasteiger partial charge in [-0.25, -0.2) is 0 Å². The molecule has 0 N–H and O–H groups in total. The van der Waals surface area contributed by atoms with Crippen molar-refractivity contribution in [1.29, 1.82) is 5.26 Å². The van der Waals surface area contributed by atoms with Gasteiger partial charge in [0.05, 0.1) is 23.9 Å². The fourth-order valence-electron chi connectivity index (χ4n) is 2.88. The molecule has 2 rings (SSSR count). The summed E-state index contributed by atoms with van der Waals surface area (Å²) in [5, 5.41) is 9.22. The molecule has 1 saturated heterocycles. The Morgan fingerprint density at radius 3 is 2.27 bits per heavy atom. The normalized spacial score (nSPS) is 18.3. The van der Waals surface area contributed by atoms with Gasteiger partial charge in [0.2, 0.25) is 0 Å². The van der Waals surface area contributed by atoms with Gasteiger partial charge in [0.15, 0.2) is 5.78 Å². The van der Waals surface area contributed by atoms with E-state index >= 15 is 0 Å². The van der Waals surface area contributed by atoms with Crippen LogP contribution in [-0.4, -0.2) is 41.5 Å². The third-order valence-corrected chi connectivity index (χ3v) is 4.22. The maximum absolute atomic E-state index is 12.5. The molecule has 10 heteroatoms. The molecule has 0 unspecified atom stereocenters. The second-order valence-corrected chi connectivity index (χ2v) is 6.10. The molecule has 2 heterocycles. The summed E-state index contributed by atoms with van der Waals surface area (Å²) in [7, 11) is 0. The average Bonchev–Trinajstić information content (AvgIpc) is 2.54. The van der Waals surface area contributed by atoms with Crippen molar-refractivity contribution < 1.29 is 31.1 Å². The van der Waals surface area contributed by atoms with Gasteiger partial charge in [-0.1, -0.05) is 0 Å². The van der Waals surface area contributed by atoms with E-state index in [0.29, 0.717) is 6.20 Å². The topological polar surface area (TPSA) is 57.0 Å². The number of carbonyl (C=O) groups excluding carboxylic acids is 1. The minimum atomic E-state index is -4.58. The van der Waals surface area contributed by atoms with Crippen LogP contribution < -0.4 is 0 Å². The van der Waals surface area contributed by atoms with E-state index in [4.69, 9.17) is 0 Å². The Bertz CT molecular complexity index is 669. The summed E-state index contributed by atoms with van der Waals surface area (Å²) in [4.78, 5) is 17.2. The predicted octanol–water partition coefficient (Wildman–Crippen LogP) is 3.55. The van der Waals surface area contributed by atoms with E-state index in [2.05, 4.69) is 4.98 Å². The van der Waals surface area contributed by atoms with Gasteiger partial charge in [0.25, 0.3) is 0 Å². The molecule has 142 valence electrons. The molecule has 0 saturated carbocycles. The molecule has 1 aromatic heterocycles. The first-order chi connectivity index (χ1) is 12.0. The van der Waals surface area contributed by atoms with Crippen LogP contribution in [0.2, 0.25) is 0 Å². The van der Waals surface area contributed by atoms with E-state index in [1.54, 1.807) is 6.07 Å². The molecular weight excluding hydrogens is 364 g/mol. The van der Waals surface area contributed by atoms with Crippen molar-refractivity contribution in [1.82, 2.24) is 9.88 Å². The van der Waals surface area contributed by atoms with Crippen LogP contribution in [0.1, 0.15) is 30.0 Å². The summed E-state index contributed by atoms with van der Waals surface area (Å²) in [5.74, 6) is -2.48. The minimum Gasteiger partial charge on any atom is -0.297 e. The van der Waals surface area contributed by atoms with Crippen molar-refractivity contribution in [2.24, 2.45) is 5.92 Å². The van der Waals surface area contributed by atoms with Gasteiger partial charge in [-0.2, -0.15) is 31.6 Å². The van der Waals surface area contributed by atoms with Crippen LogP contribution in [-0.2, 0) is 11.0 Å². The first-order valence-corrected chi connectivity index (χ1v) is 7.77. The van der Waals surface area contributed by atoms with Crippen LogP contribution in [0.25, 0.3) is 0 Å². The Labute approximate surface area is 145 Å². The Hall–Kier alpha value is -2.15. The van der Waals surface area contributed by atoms with Gasteiger partial charge in [0, 0.05) is 12.1 Å². The fourth-order valence-corrected chi connectivity index (χ4v) is 2.88. The third-order valence-electron chi connectivity index (χ3n) is 4.22. The number of Topliss-reactive ketones (excluding diaryl/α,β-unsaturated/α-hetero) is 1. The fraction of sp³-hybridized carbons (Fsp3) is 0.562. The standard InChI is InChI=1S/C16H15F6N3O/c17-15(18,19)9-25-5-3-10(4-6-25)14(26)12(7-23)13-2-1-11(8-24-13)16(20,21)22/h1-2,8,10,12H,3-6,9H2/t12-/m0/s1. The maximum atomic E-state index is 12.5. The zero-order valence-electron chi connectivity index (χ0n) is 13.4. The molecule has 1 aliphatic rings. The average molecular weight is 379 g/mol. The Balaban J connectivity index is 2.03. The Morgan fingerprint density at radius 2 is 1.85 bits per heavy atom. The molecular formula is C16H15F6N3O. The number of ketones is 1. The molecule has 0 spiro atoms. The molecule has 0 amide bonds. The van der Waals surface area contributed by atoms with Crippen molar-refractivity contribution in [3.8, 4) is 6.07 Å². The lowest BCUT2D eigenvalue weighted by Gasteiger charge is -2.32. The second kappa shape index (κ2) is 7.61. The summed E-state index contributed by atoms with van der Waals surface area (Å²) in [6.07, 6.45) is -8.03. The molecule has 0 radical (unpaired) electrons. The van der Waals surface area contributed by atoms with Crippen molar-refractivity contribution >= 4 is 5.78 Å². The SMILES string of the molecule is N#C[C@H](C(=O)C1CCN(CC(F)(F)F)CC1)c1ccc(C(F)(F)F)cn1. The lowest BCUT2D eigenvalue weighted by atomic mass is 9.84. The largest absolute Gasteiger partial charge is 0.417 e. The van der Waals surface area contributed by atoms with Crippen LogP contribution in [0.5, 0.6) is 0 Å². The zero-order valence-corrected chi connectivity index (χ0v) is 13.4. The van der Waals surface area contributed by atoms with Gasteiger partial charge in [-0.05, 0) is 38.1 Å². The van der Waals surface area contributed by atoms with Gasteiger partial charge in [-0.15, -0.1) is 0 Å². The smallest absolute Gasteiger partial charge is 0.297 e. The van der Waals surface area contributed by atoms with Crippen LogP contribution in [0.15, 0.2) is 18.3 Å². The lowest BCUT2D eigenvalue weighted by molar-refractivity contribution is -0.149.